The van der Waals surface area contributed by atoms with E-state index in [9.17, 15) is 4.79 Å². The first-order valence-corrected chi connectivity index (χ1v) is 4.31. The molecule has 3 N–H and O–H groups in total. The molecule has 0 fully saturated rings. The van der Waals surface area contributed by atoms with Crippen molar-refractivity contribution in [1.29, 1.82) is 0 Å². The van der Waals surface area contributed by atoms with Crippen molar-refractivity contribution in [2.24, 2.45) is 0 Å². The summed E-state index contributed by atoms with van der Waals surface area (Å²) in [6.45, 7) is 3.78. The molecule has 1 heterocycles. The summed E-state index contributed by atoms with van der Waals surface area (Å²) in [5, 5.41) is 0. The topological polar surface area (TPSA) is 58.9 Å². The van der Waals surface area contributed by atoms with Gasteiger partial charge in [0.25, 0.3) is 0 Å². The van der Waals surface area contributed by atoms with E-state index in [1.807, 2.05) is 13.0 Å². The van der Waals surface area contributed by atoms with Gasteiger partial charge in [0.1, 0.15) is 5.82 Å². The minimum Gasteiger partial charge on any atom is -0.385 e. The summed E-state index contributed by atoms with van der Waals surface area (Å²) in [6, 6.07) is 0. The van der Waals surface area contributed by atoms with Gasteiger partial charge in [-0.3, -0.25) is 4.79 Å². The second-order valence-corrected chi connectivity index (χ2v) is 2.94. The van der Waals surface area contributed by atoms with E-state index in [0.717, 1.165) is 6.42 Å². The van der Waals surface area contributed by atoms with Gasteiger partial charge in [-0.05, 0) is 13.3 Å². The van der Waals surface area contributed by atoms with Crippen LogP contribution in [0.4, 0.5) is 5.82 Å². The third-order valence-electron chi connectivity index (χ3n) is 1.86. The van der Waals surface area contributed by atoms with Crippen molar-refractivity contribution in [2.75, 3.05) is 5.73 Å². The van der Waals surface area contributed by atoms with Crippen molar-refractivity contribution in [2.45, 2.75) is 20.3 Å². The van der Waals surface area contributed by atoms with Crippen LogP contribution in [0.3, 0.4) is 0 Å². The first kappa shape index (κ1) is 9.58. The fourth-order valence-corrected chi connectivity index (χ4v) is 1.07. The summed E-state index contributed by atoms with van der Waals surface area (Å²) in [5.41, 5.74) is 6.87. The number of nitrogens with two attached hydrogens (primary N) is 1. The molecule has 3 nitrogen and oxygen atoms in total. The van der Waals surface area contributed by atoms with Gasteiger partial charge < -0.3 is 10.7 Å². The van der Waals surface area contributed by atoms with Crippen LogP contribution in [0, 0.1) is 6.92 Å². The molecule has 0 aromatic carbocycles. The van der Waals surface area contributed by atoms with Crippen molar-refractivity contribution in [3.63, 3.8) is 0 Å². The molecule has 0 unspecified atom stereocenters. The molecule has 0 radical (unpaired) electrons. The lowest BCUT2D eigenvalue weighted by molar-refractivity contribution is 1.21. The fourth-order valence-electron chi connectivity index (χ4n) is 1.07. The molecule has 0 aliphatic heterocycles. The predicted octanol–water partition coefficient (Wildman–Crippen LogP) is 1.69. The molecule has 0 aliphatic rings. The van der Waals surface area contributed by atoms with Crippen molar-refractivity contribution < 1.29 is 0 Å². The SMILES string of the molecule is CC/C=C\c1c(N)[nH]cc(C)c1=O. The molecule has 0 saturated heterocycles. The average molecular weight is 178 g/mol. The maximum absolute atomic E-state index is 11.5. The predicted molar refractivity (Wildman–Crippen MR) is 55.5 cm³/mol. The average Bonchev–Trinajstić information content (AvgIpc) is 2.12. The Kier molecular flexibility index (Phi) is 2.90. The summed E-state index contributed by atoms with van der Waals surface area (Å²) in [6.07, 6.45) is 6.20. The van der Waals surface area contributed by atoms with E-state index in [-0.39, 0.29) is 5.43 Å². The Morgan fingerprint density at radius 2 is 2.31 bits per heavy atom. The van der Waals surface area contributed by atoms with E-state index >= 15 is 0 Å². The van der Waals surface area contributed by atoms with E-state index in [0.29, 0.717) is 16.9 Å². The van der Waals surface area contributed by atoms with Gasteiger partial charge >= 0.3 is 0 Å². The number of anilines is 1. The van der Waals surface area contributed by atoms with Gasteiger partial charge in [0.15, 0.2) is 5.43 Å². The van der Waals surface area contributed by atoms with Crippen LogP contribution in [-0.4, -0.2) is 4.98 Å². The molecule has 0 atom stereocenters. The lowest BCUT2D eigenvalue weighted by Gasteiger charge is -2.00. The van der Waals surface area contributed by atoms with Gasteiger partial charge in [-0.2, -0.15) is 0 Å². The van der Waals surface area contributed by atoms with Crippen LogP contribution in [0.15, 0.2) is 17.1 Å². The first-order chi connectivity index (χ1) is 6.16. The van der Waals surface area contributed by atoms with Crippen molar-refractivity contribution >= 4 is 11.9 Å². The Bertz CT molecular complexity index is 377. The summed E-state index contributed by atoms with van der Waals surface area (Å²) < 4.78 is 0. The molecule has 1 aromatic rings. The summed E-state index contributed by atoms with van der Waals surface area (Å²) in [5.74, 6) is 0.431. The zero-order valence-electron chi connectivity index (χ0n) is 7.92. The molecule has 0 aliphatic carbocycles. The zero-order chi connectivity index (χ0) is 9.84. The van der Waals surface area contributed by atoms with Gasteiger partial charge in [-0.25, -0.2) is 0 Å². The highest BCUT2D eigenvalue weighted by Crippen LogP contribution is 2.06. The quantitative estimate of drug-likeness (QED) is 0.724. The van der Waals surface area contributed by atoms with Gasteiger partial charge in [0, 0.05) is 11.8 Å². The minimum atomic E-state index is 0.000880. The molecule has 1 rings (SSSR count). The molecule has 13 heavy (non-hydrogen) atoms. The molecule has 0 bridgehead atoms. The summed E-state index contributed by atoms with van der Waals surface area (Å²) in [7, 11) is 0. The lowest BCUT2D eigenvalue weighted by atomic mass is 10.1. The van der Waals surface area contributed by atoms with E-state index < -0.39 is 0 Å². The van der Waals surface area contributed by atoms with Crippen LogP contribution in [0.5, 0.6) is 0 Å². The van der Waals surface area contributed by atoms with Crippen molar-refractivity contribution in [3.05, 3.63) is 33.6 Å². The number of pyridine rings is 1. The Labute approximate surface area is 77.3 Å². The largest absolute Gasteiger partial charge is 0.385 e. The number of hydrogen-bond acceptors (Lipinski definition) is 2. The fraction of sp³-hybridized carbons (Fsp3) is 0.300. The van der Waals surface area contributed by atoms with Crippen LogP contribution in [0.25, 0.3) is 6.08 Å². The molecule has 0 spiro atoms. The Hall–Kier alpha value is -1.51. The molecular weight excluding hydrogens is 164 g/mol. The second-order valence-electron chi connectivity index (χ2n) is 2.94. The normalized spacial score (nSPS) is 10.9. The van der Waals surface area contributed by atoms with Crippen LogP contribution in [-0.2, 0) is 0 Å². The third-order valence-corrected chi connectivity index (χ3v) is 1.86. The van der Waals surface area contributed by atoms with Gasteiger partial charge in [-0.1, -0.05) is 19.1 Å². The van der Waals surface area contributed by atoms with Crippen LogP contribution in [0.2, 0.25) is 0 Å². The van der Waals surface area contributed by atoms with E-state index in [1.54, 1.807) is 19.2 Å². The van der Waals surface area contributed by atoms with Crippen LogP contribution < -0.4 is 11.2 Å². The highest BCUT2D eigenvalue weighted by Gasteiger charge is 2.02. The Balaban J connectivity index is 3.26. The number of hydrogen-bond donors (Lipinski definition) is 2. The van der Waals surface area contributed by atoms with Crippen molar-refractivity contribution in [3.8, 4) is 0 Å². The van der Waals surface area contributed by atoms with E-state index in [2.05, 4.69) is 4.98 Å². The van der Waals surface area contributed by atoms with Crippen LogP contribution in [0.1, 0.15) is 24.5 Å². The lowest BCUT2D eigenvalue weighted by Crippen LogP contribution is -2.12. The van der Waals surface area contributed by atoms with Crippen LogP contribution >= 0.6 is 0 Å². The Morgan fingerprint density at radius 1 is 1.62 bits per heavy atom. The number of H-pyrrole nitrogens is 1. The molecule has 0 saturated carbocycles. The molecule has 0 amide bonds. The van der Waals surface area contributed by atoms with E-state index in [1.165, 1.54) is 0 Å². The molecular formula is C10H14N2O. The summed E-state index contributed by atoms with van der Waals surface area (Å²) in [4.78, 5) is 14.4. The maximum atomic E-state index is 11.5. The number of rotatable bonds is 2. The number of aromatic nitrogens is 1. The highest BCUT2D eigenvalue weighted by molar-refractivity contribution is 5.61. The van der Waals surface area contributed by atoms with Gasteiger partial charge in [0.05, 0.1) is 5.56 Å². The third kappa shape index (κ3) is 1.99. The number of aryl methyl sites for hydroxylation is 1. The zero-order valence-corrected chi connectivity index (χ0v) is 7.92. The summed E-state index contributed by atoms with van der Waals surface area (Å²) >= 11 is 0. The standard InChI is InChI=1S/C10H14N2O/c1-3-4-5-8-9(13)7(2)6-12-10(8)11/h4-6H,3H2,1-2H3,(H3,11,12,13)/b5-4-. The van der Waals surface area contributed by atoms with Gasteiger partial charge in [-0.15, -0.1) is 0 Å². The number of nitrogen functional groups attached to an aromatic ring is 1. The van der Waals surface area contributed by atoms with Crippen molar-refractivity contribution in [1.82, 2.24) is 4.98 Å². The minimum absolute atomic E-state index is 0.000880. The number of aromatic amines is 1. The molecule has 3 heteroatoms. The monoisotopic (exact) mass is 178 g/mol. The molecule has 70 valence electrons. The van der Waals surface area contributed by atoms with Gasteiger partial charge in [0.2, 0.25) is 0 Å². The Morgan fingerprint density at radius 3 is 2.92 bits per heavy atom. The second kappa shape index (κ2) is 3.94. The number of allylic oxidation sites excluding steroid dienone is 1. The first-order valence-electron chi connectivity index (χ1n) is 4.31. The smallest absolute Gasteiger partial charge is 0.193 e. The number of nitrogens with one attached hydrogen (secondary N) is 1. The maximum Gasteiger partial charge on any atom is 0.193 e. The van der Waals surface area contributed by atoms with E-state index in [4.69, 9.17) is 5.73 Å². The molecule has 1 aromatic heterocycles. The highest BCUT2D eigenvalue weighted by atomic mass is 16.1.